The molecule has 0 unspecified atom stereocenters. The van der Waals surface area contributed by atoms with E-state index < -0.39 is 0 Å². The van der Waals surface area contributed by atoms with Crippen molar-refractivity contribution in [1.82, 2.24) is 0 Å². The van der Waals surface area contributed by atoms with Crippen molar-refractivity contribution in [2.75, 3.05) is 11.9 Å². The van der Waals surface area contributed by atoms with E-state index >= 15 is 0 Å². The van der Waals surface area contributed by atoms with Crippen molar-refractivity contribution < 1.29 is 4.39 Å². The second-order valence-corrected chi connectivity index (χ2v) is 4.03. The van der Waals surface area contributed by atoms with Crippen LogP contribution in [0.4, 0.5) is 10.1 Å². The van der Waals surface area contributed by atoms with Gasteiger partial charge < -0.3 is 4.90 Å². The Morgan fingerprint density at radius 2 is 2.00 bits per heavy atom. The van der Waals surface area contributed by atoms with E-state index in [0.717, 1.165) is 5.69 Å². The molecule has 1 aromatic carbocycles. The van der Waals surface area contributed by atoms with Crippen molar-refractivity contribution in [2.24, 2.45) is 0 Å². The Bertz CT molecular complexity index is 299. The van der Waals surface area contributed by atoms with Gasteiger partial charge in [-0.3, -0.25) is 0 Å². The van der Waals surface area contributed by atoms with Gasteiger partial charge in [-0.05, 0) is 26.0 Å². The van der Waals surface area contributed by atoms with Gasteiger partial charge in [0.2, 0.25) is 0 Å². The molecule has 1 nitrogen and oxygen atoms in total. The van der Waals surface area contributed by atoms with Crippen LogP contribution in [0.25, 0.3) is 0 Å². The van der Waals surface area contributed by atoms with Crippen LogP contribution in [0.2, 0.25) is 0 Å². The standard InChI is InChI=1S/C10H13FN.Al/c1-8(2)12(3)10-6-4-5-9(11)7-10;/h4,6-8H,1-3H3;. The summed E-state index contributed by atoms with van der Waals surface area (Å²) in [4.78, 5) is 2.03. The maximum absolute atomic E-state index is 13.2. The fraction of sp³-hybridized carbons (Fsp3) is 0.400. The number of benzene rings is 1. The highest BCUT2D eigenvalue weighted by Gasteiger charge is 2.05. The lowest BCUT2D eigenvalue weighted by Gasteiger charge is -2.24. The van der Waals surface area contributed by atoms with Gasteiger partial charge >= 0.3 is 0 Å². The molecule has 0 heterocycles. The molecule has 2 radical (unpaired) electrons. The van der Waals surface area contributed by atoms with Gasteiger partial charge in [0.05, 0.1) is 0 Å². The Morgan fingerprint density at radius 3 is 2.46 bits per heavy atom. The minimum absolute atomic E-state index is 0.171. The summed E-state index contributed by atoms with van der Waals surface area (Å²) >= 11 is 2.37. The molecule has 1 aromatic rings. The van der Waals surface area contributed by atoms with Crippen LogP contribution in [0.5, 0.6) is 0 Å². The smallest absolute Gasteiger partial charge is 0.180 e. The summed E-state index contributed by atoms with van der Waals surface area (Å²) in [5.74, 6) is -0.171. The van der Waals surface area contributed by atoms with Gasteiger partial charge in [0.1, 0.15) is 5.82 Å². The summed E-state index contributed by atoms with van der Waals surface area (Å²) < 4.78 is 13.8. The Kier molecular flexibility index (Phi) is 3.35. The van der Waals surface area contributed by atoms with E-state index in [2.05, 4.69) is 30.1 Å². The first-order valence-corrected chi connectivity index (χ1v) is 4.88. The first-order valence-electron chi connectivity index (χ1n) is 4.30. The molecule has 3 heteroatoms. The van der Waals surface area contributed by atoms with Crippen molar-refractivity contribution in [3.63, 3.8) is 0 Å². The third kappa shape index (κ3) is 2.46. The topological polar surface area (TPSA) is 3.24 Å². The first-order chi connectivity index (χ1) is 6.02. The lowest BCUT2D eigenvalue weighted by atomic mass is 10.2. The average molecular weight is 193 g/mol. The van der Waals surface area contributed by atoms with Crippen LogP contribution in [0, 0.1) is 5.82 Å². The SMILES string of the molecule is CC(C)N(C)c1cc[c]([Al])c(F)c1. The lowest BCUT2D eigenvalue weighted by Crippen LogP contribution is -2.26. The highest BCUT2D eigenvalue weighted by molar-refractivity contribution is 6.32. The molecule has 0 atom stereocenters. The fourth-order valence-electron chi connectivity index (χ4n) is 1.03. The Morgan fingerprint density at radius 1 is 1.38 bits per heavy atom. The molecule has 0 fully saturated rings. The Balaban J connectivity index is 2.97. The van der Waals surface area contributed by atoms with Gasteiger partial charge in [-0.1, -0.05) is 6.07 Å². The number of nitrogens with zero attached hydrogens (tertiary/aromatic N) is 1. The Hall–Kier alpha value is -0.518. The number of hydrogen-bond acceptors (Lipinski definition) is 1. The van der Waals surface area contributed by atoms with Crippen molar-refractivity contribution in [3.8, 4) is 0 Å². The van der Waals surface area contributed by atoms with Crippen molar-refractivity contribution >= 4 is 26.4 Å². The van der Waals surface area contributed by atoms with Gasteiger partial charge in [0.25, 0.3) is 0 Å². The molecule has 0 N–H and O–H groups in total. The van der Waals surface area contributed by atoms with Crippen molar-refractivity contribution in [3.05, 3.63) is 24.0 Å². The van der Waals surface area contributed by atoms with Crippen LogP contribution < -0.4 is 9.33 Å². The predicted molar refractivity (Wildman–Crippen MR) is 55.3 cm³/mol. The molecule has 1 rings (SSSR count). The van der Waals surface area contributed by atoms with Gasteiger partial charge in [-0.25, -0.2) is 4.39 Å². The summed E-state index contributed by atoms with van der Waals surface area (Å²) in [7, 11) is 1.96. The zero-order valence-electron chi connectivity index (χ0n) is 8.21. The second-order valence-electron chi connectivity index (χ2n) is 3.41. The van der Waals surface area contributed by atoms with E-state index in [4.69, 9.17) is 0 Å². The van der Waals surface area contributed by atoms with E-state index in [0.29, 0.717) is 10.5 Å². The van der Waals surface area contributed by atoms with E-state index in [1.165, 1.54) is 0 Å². The van der Waals surface area contributed by atoms with Crippen LogP contribution in [-0.2, 0) is 0 Å². The maximum atomic E-state index is 13.2. The summed E-state index contributed by atoms with van der Waals surface area (Å²) in [5, 5.41) is 0. The van der Waals surface area contributed by atoms with Crippen LogP contribution in [0.3, 0.4) is 0 Å². The minimum Gasteiger partial charge on any atom is -0.372 e. The highest BCUT2D eigenvalue weighted by atomic mass is 27.0. The first kappa shape index (κ1) is 10.6. The van der Waals surface area contributed by atoms with Crippen LogP contribution in [0.1, 0.15) is 13.8 Å². The molecule has 0 saturated carbocycles. The van der Waals surface area contributed by atoms with Gasteiger partial charge in [-0.2, -0.15) is 0 Å². The van der Waals surface area contributed by atoms with E-state index in [1.54, 1.807) is 12.1 Å². The van der Waals surface area contributed by atoms with Gasteiger partial charge in [0, 0.05) is 18.8 Å². The largest absolute Gasteiger partial charge is 0.372 e. The highest BCUT2D eigenvalue weighted by Crippen LogP contribution is 2.14. The van der Waals surface area contributed by atoms with E-state index in [1.807, 2.05) is 18.0 Å². The summed E-state index contributed by atoms with van der Waals surface area (Å²) in [6.45, 7) is 4.15. The van der Waals surface area contributed by atoms with Crippen LogP contribution in [-0.4, -0.2) is 29.4 Å². The van der Waals surface area contributed by atoms with Gasteiger partial charge in [0.15, 0.2) is 16.3 Å². The molecule has 68 valence electrons. The summed E-state index contributed by atoms with van der Waals surface area (Å²) in [6, 6.07) is 5.64. The molecule has 0 saturated heterocycles. The molecule has 0 aliphatic heterocycles. The number of hydrogen-bond donors (Lipinski definition) is 0. The molecule has 0 aromatic heterocycles. The quantitative estimate of drug-likeness (QED) is 0.643. The normalized spacial score (nSPS) is 10.5. The molecule has 0 aliphatic carbocycles. The third-order valence-electron chi connectivity index (χ3n) is 2.17. The summed E-state index contributed by atoms with van der Waals surface area (Å²) in [5.41, 5.74) is 0.915. The zero-order valence-corrected chi connectivity index (χ0v) is 9.37. The molecule has 0 aliphatic rings. The van der Waals surface area contributed by atoms with E-state index in [9.17, 15) is 4.39 Å². The van der Waals surface area contributed by atoms with Crippen LogP contribution in [0.15, 0.2) is 18.2 Å². The van der Waals surface area contributed by atoms with E-state index in [-0.39, 0.29) is 5.82 Å². The van der Waals surface area contributed by atoms with Crippen molar-refractivity contribution in [1.29, 1.82) is 0 Å². The summed E-state index contributed by atoms with van der Waals surface area (Å²) in [6.07, 6.45) is 0. The number of rotatable bonds is 2. The molecule has 13 heavy (non-hydrogen) atoms. The third-order valence-corrected chi connectivity index (χ3v) is 2.63. The second kappa shape index (κ2) is 4.13. The molecule has 0 spiro atoms. The fourth-order valence-corrected chi connectivity index (χ4v) is 1.21. The maximum Gasteiger partial charge on any atom is 0.180 e. The zero-order chi connectivity index (χ0) is 10.0. The average Bonchev–Trinajstić information content (AvgIpc) is 2.08. The van der Waals surface area contributed by atoms with Crippen molar-refractivity contribution in [2.45, 2.75) is 19.9 Å². The number of halogens is 1. The molecule has 0 amide bonds. The predicted octanol–water partition coefficient (Wildman–Crippen LogP) is 1.46. The minimum atomic E-state index is -0.171. The number of anilines is 1. The Labute approximate surface area is 87.0 Å². The van der Waals surface area contributed by atoms with Gasteiger partial charge in [-0.15, -0.1) is 4.43 Å². The molecule has 0 bridgehead atoms. The lowest BCUT2D eigenvalue weighted by molar-refractivity contribution is 0.634. The molecular formula is C10H13AlFN. The molecular weight excluding hydrogens is 180 g/mol. The monoisotopic (exact) mass is 193 g/mol. The van der Waals surface area contributed by atoms with Crippen LogP contribution >= 0.6 is 0 Å².